The highest BCUT2D eigenvalue weighted by atomic mass is 28.4. The first-order valence-corrected chi connectivity index (χ1v) is 10.6. The molecular weight excluding hydrogens is 284 g/mol. The van der Waals surface area contributed by atoms with Crippen LogP contribution in [-0.4, -0.2) is 48.2 Å². The van der Waals surface area contributed by atoms with E-state index in [0.717, 1.165) is 52.1 Å². The largest absolute Gasteiger partial charge is 0.395 e. The van der Waals surface area contributed by atoms with Gasteiger partial charge in [0.25, 0.3) is 0 Å². The van der Waals surface area contributed by atoms with Crippen molar-refractivity contribution in [3.05, 3.63) is 25.3 Å². The normalized spacial score (nSPS) is 11.5. The second kappa shape index (κ2) is 14.5. The van der Waals surface area contributed by atoms with E-state index in [1.807, 2.05) is 0 Å². The minimum Gasteiger partial charge on any atom is -0.395 e. The Bertz CT molecular complexity index is 233. The lowest BCUT2D eigenvalue weighted by Gasteiger charge is -2.22. The number of hydrogen-bond acceptors (Lipinski definition) is 4. The Morgan fingerprint density at radius 2 is 1.10 bits per heavy atom. The van der Waals surface area contributed by atoms with Crippen molar-refractivity contribution in [2.45, 2.75) is 38.8 Å². The first kappa shape index (κ1) is 20.5. The van der Waals surface area contributed by atoms with Crippen LogP contribution >= 0.6 is 0 Å². The standard InChI is InChI=1S/C16H32O4Si/c1-5-11-17-13-7-9-15-19-21(3,4)20-16-10-8-14-18-12-6-2/h5-6H,1-2,7-16H2,3-4H3. The van der Waals surface area contributed by atoms with Gasteiger partial charge in [-0.1, -0.05) is 12.2 Å². The van der Waals surface area contributed by atoms with E-state index in [-0.39, 0.29) is 0 Å². The van der Waals surface area contributed by atoms with E-state index in [1.165, 1.54) is 0 Å². The van der Waals surface area contributed by atoms with E-state index in [1.54, 1.807) is 12.2 Å². The monoisotopic (exact) mass is 316 g/mol. The lowest BCUT2D eigenvalue weighted by Crippen LogP contribution is -2.35. The molecular formula is C16H32O4Si. The van der Waals surface area contributed by atoms with Crippen molar-refractivity contribution < 1.29 is 18.3 Å². The highest BCUT2D eigenvalue weighted by Gasteiger charge is 2.23. The van der Waals surface area contributed by atoms with E-state index in [4.69, 9.17) is 18.3 Å². The molecule has 0 unspecified atom stereocenters. The minimum atomic E-state index is -1.97. The van der Waals surface area contributed by atoms with E-state index < -0.39 is 8.56 Å². The van der Waals surface area contributed by atoms with Crippen LogP contribution in [0.3, 0.4) is 0 Å². The Balaban J connectivity index is 3.38. The first-order chi connectivity index (χ1) is 10.1. The van der Waals surface area contributed by atoms with Crippen LogP contribution in [0, 0.1) is 0 Å². The average Bonchev–Trinajstić information content (AvgIpc) is 2.45. The quantitative estimate of drug-likeness (QED) is 0.247. The topological polar surface area (TPSA) is 36.9 Å². The Morgan fingerprint density at radius 3 is 1.48 bits per heavy atom. The van der Waals surface area contributed by atoms with Crippen LogP contribution in [0.15, 0.2) is 25.3 Å². The summed E-state index contributed by atoms with van der Waals surface area (Å²) in [7, 11) is -1.97. The summed E-state index contributed by atoms with van der Waals surface area (Å²) < 4.78 is 22.4. The number of ether oxygens (including phenoxy) is 2. The number of unbranched alkanes of at least 4 members (excludes halogenated alkanes) is 2. The van der Waals surface area contributed by atoms with Gasteiger partial charge in [0.05, 0.1) is 13.2 Å². The second-order valence-corrected chi connectivity index (χ2v) is 8.62. The second-order valence-electron chi connectivity index (χ2n) is 5.24. The highest BCUT2D eigenvalue weighted by Crippen LogP contribution is 2.09. The van der Waals surface area contributed by atoms with Crippen molar-refractivity contribution in [1.29, 1.82) is 0 Å². The summed E-state index contributed by atoms with van der Waals surface area (Å²) in [6.07, 6.45) is 7.57. The average molecular weight is 317 g/mol. The summed E-state index contributed by atoms with van der Waals surface area (Å²) in [5.74, 6) is 0. The van der Waals surface area contributed by atoms with Crippen LogP contribution in [0.2, 0.25) is 13.1 Å². The fourth-order valence-corrected chi connectivity index (χ4v) is 2.98. The summed E-state index contributed by atoms with van der Waals surface area (Å²) in [6.45, 7) is 15.7. The molecule has 0 heterocycles. The number of hydrogen-bond donors (Lipinski definition) is 0. The predicted octanol–water partition coefficient (Wildman–Crippen LogP) is 3.69. The SMILES string of the molecule is C=CCOCCCCO[Si](C)(C)OCCCCOCC=C. The number of rotatable bonds is 16. The van der Waals surface area contributed by atoms with Crippen LogP contribution in [0.1, 0.15) is 25.7 Å². The third-order valence-electron chi connectivity index (χ3n) is 2.74. The van der Waals surface area contributed by atoms with Gasteiger partial charge < -0.3 is 18.3 Å². The van der Waals surface area contributed by atoms with E-state index in [2.05, 4.69) is 26.3 Å². The zero-order valence-electron chi connectivity index (χ0n) is 13.8. The smallest absolute Gasteiger partial charge is 0.331 e. The van der Waals surface area contributed by atoms with E-state index >= 15 is 0 Å². The molecule has 0 aliphatic rings. The zero-order valence-corrected chi connectivity index (χ0v) is 14.8. The van der Waals surface area contributed by atoms with Gasteiger partial charge in [0.15, 0.2) is 0 Å². The molecule has 0 saturated heterocycles. The molecule has 0 fully saturated rings. The molecule has 0 spiro atoms. The van der Waals surface area contributed by atoms with Crippen molar-refractivity contribution in [3.8, 4) is 0 Å². The molecule has 0 saturated carbocycles. The predicted molar refractivity (Wildman–Crippen MR) is 89.9 cm³/mol. The fraction of sp³-hybridized carbons (Fsp3) is 0.750. The van der Waals surface area contributed by atoms with Crippen molar-refractivity contribution in [2.24, 2.45) is 0 Å². The van der Waals surface area contributed by atoms with Gasteiger partial charge >= 0.3 is 8.56 Å². The Hall–Kier alpha value is -0.463. The molecule has 0 radical (unpaired) electrons. The molecule has 5 heteroatoms. The molecule has 0 aromatic rings. The first-order valence-electron chi connectivity index (χ1n) is 7.77. The molecule has 0 aliphatic heterocycles. The van der Waals surface area contributed by atoms with Gasteiger partial charge in [-0.2, -0.15) is 0 Å². The Morgan fingerprint density at radius 1 is 0.714 bits per heavy atom. The van der Waals surface area contributed by atoms with Crippen LogP contribution < -0.4 is 0 Å². The third kappa shape index (κ3) is 15.7. The highest BCUT2D eigenvalue weighted by molar-refractivity contribution is 6.64. The molecule has 0 bridgehead atoms. The van der Waals surface area contributed by atoms with Gasteiger partial charge in [-0.15, -0.1) is 13.2 Å². The molecule has 4 nitrogen and oxygen atoms in total. The third-order valence-corrected chi connectivity index (χ3v) is 4.54. The molecule has 21 heavy (non-hydrogen) atoms. The minimum absolute atomic E-state index is 0.626. The maximum absolute atomic E-state index is 5.88. The summed E-state index contributed by atoms with van der Waals surface area (Å²) in [6, 6.07) is 0. The molecule has 0 aromatic carbocycles. The van der Waals surface area contributed by atoms with Gasteiger partial charge in [0.1, 0.15) is 0 Å². The van der Waals surface area contributed by atoms with Crippen LogP contribution in [0.25, 0.3) is 0 Å². The van der Waals surface area contributed by atoms with Gasteiger partial charge in [-0.25, -0.2) is 0 Å². The van der Waals surface area contributed by atoms with Gasteiger partial charge in [0, 0.05) is 26.4 Å². The van der Waals surface area contributed by atoms with E-state index in [0.29, 0.717) is 13.2 Å². The van der Waals surface area contributed by atoms with Gasteiger partial charge in [0.2, 0.25) is 0 Å². The molecule has 0 aliphatic carbocycles. The van der Waals surface area contributed by atoms with E-state index in [9.17, 15) is 0 Å². The summed E-state index contributed by atoms with van der Waals surface area (Å²) in [4.78, 5) is 0. The molecule has 0 N–H and O–H groups in total. The lowest BCUT2D eigenvalue weighted by molar-refractivity contribution is 0.133. The Labute approximate surface area is 131 Å². The molecule has 0 aromatic heterocycles. The molecule has 0 amide bonds. The lowest BCUT2D eigenvalue weighted by atomic mass is 10.3. The summed E-state index contributed by atoms with van der Waals surface area (Å²) >= 11 is 0. The molecule has 124 valence electrons. The fourth-order valence-electron chi connectivity index (χ4n) is 1.62. The van der Waals surface area contributed by atoms with Gasteiger partial charge in [-0.05, 0) is 38.8 Å². The van der Waals surface area contributed by atoms with Gasteiger partial charge in [-0.3, -0.25) is 0 Å². The van der Waals surface area contributed by atoms with Crippen LogP contribution in [-0.2, 0) is 18.3 Å². The molecule has 0 atom stereocenters. The van der Waals surface area contributed by atoms with Crippen molar-refractivity contribution in [3.63, 3.8) is 0 Å². The maximum Gasteiger partial charge on any atom is 0.331 e. The summed E-state index contributed by atoms with van der Waals surface area (Å²) in [5, 5.41) is 0. The maximum atomic E-state index is 5.88. The summed E-state index contributed by atoms with van der Waals surface area (Å²) in [5.41, 5.74) is 0. The van der Waals surface area contributed by atoms with Crippen LogP contribution in [0.5, 0.6) is 0 Å². The zero-order chi connectivity index (χ0) is 15.8. The van der Waals surface area contributed by atoms with Crippen molar-refractivity contribution >= 4 is 8.56 Å². The van der Waals surface area contributed by atoms with Crippen molar-refractivity contribution in [1.82, 2.24) is 0 Å². The molecule has 0 rings (SSSR count). The van der Waals surface area contributed by atoms with Crippen LogP contribution in [0.4, 0.5) is 0 Å². The van der Waals surface area contributed by atoms with Crippen molar-refractivity contribution in [2.75, 3.05) is 39.6 Å². The Kier molecular flexibility index (Phi) is 14.2.